The number of benzene rings is 9. The van der Waals surface area contributed by atoms with Crippen molar-refractivity contribution in [3.8, 4) is 45.5 Å². The van der Waals surface area contributed by atoms with Crippen molar-refractivity contribution in [2.75, 3.05) is 4.90 Å². The Morgan fingerprint density at radius 1 is 0.342 bits per heavy atom. The molecule has 0 N–H and O–H groups in total. The highest BCUT2D eigenvalue weighted by Gasteiger charge is 2.32. The van der Waals surface area contributed by atoms with Crippen molar-refractivity contribution < 1.29 is 26.3 Å². The van der Waals surface area contributed by atoms with Gasteiger partial charge in [-0.15, -0.1) is 0 Å². The van der Waals surface area contributed by atoms with Crippen molar-refractivity contribution in [3.05, 3.63) is 229 Å². The van der Waals surface area contributed by atoms with Crippen molar-refractivity contribution >= 4 is 60.7 Å². The highest BCUT2D eigenvalue weighted by molar-refractivity contribution is 6.10. The summed E-state index contributed by atoms with van der Waals surface area (Å²) in [4.78, 5) is 16.7. The standard InChI is InChI=1S/C61H40F6N6/c1-37-13-29-49-51-31-17-42(60(62,63)64)35-55(51)72(53(49)33-37)47-25-21-45(22-26-47)71(44-19-15-41(16-20-44)59-69-57(39-9-5-3-6-10-39)68-58(70-59)40-11-7-4-8-12-40)46-23-27-48(28-24-46)73-54-34-38(2)14-30-50(54)52-32-18-43(36-56(52)73)61(65,66)67/h3-36H,1-2H3. The molecule has 6 nitrogen and oxygen atoms in total. The zero-order valence-electron chi connectivity index (χ0n) is 39.1. The average molecular weight is 971 g/mol. The van der Waals surface area contributed by atoms with E-state index in [0.29, 0.717) is 50.7 Å². The molecule has 0 unspecified atom stereocenters. The average Bonchev–Trinajstić information content (AvgIpc) is 3.90. The minimum absolute atomic E-state index is 0.429. The fourth-order valence-corrected chi connectivity index (χ4v) is 9.81. The number of anilines is 3. The van der Waals surface area contributed by atoms with Gasteiger partial charge in [-0.3, -0.25) is 0 Å². The summed E-state index contributed by atoms with van der Waals surface area (Å²) in [6, 6.07) is 62.0. The summed E-state index contributed by atoms with van der Waals surface area (Å²) < 4.78 is 88.8. The number of hydrogen-bond acceptors (Lipinski definition) is 4. The first-order valence-corrected chi connectivity index (χ1v) is 23.5. The Hall–Kier alpha value is -9.03. The number of aryl methyl sites for hydroxylation is 2. The number of rotatable bonds is 8. The predicted molar refractivity (Wildman–Crippen MR) is 279 cm³/mol. The molecule has 9 aromatic carbocycles. The summed E-state index contributed by atoms with van der Waals surface area (Å²) in [6.45, 7) is 3.90. The second-order valence-corrected chi connectivity index (χ2v) is 18.1. The molecular weight excluding hydrogens is 931 g/mol. The summed E-state index contributed by atoms with van der Waals surface area (Å²) in [7, 11) is 0. The zero-order valence-corrected chi connectivity index (χ0v) is 39.1. The van der Waals surface area contributed by atoms with Gasteiger partial charge in [-0.05, 0) is 134 Å². The third-order valence-electron chi connectivity index (χ3n) is 13.3. The molecule has 0 aliphatic carbocycles. The first-order valence-electron chi connectivity index (χ1n) is 23.5. The second kappa shape index (κ2) is 17.4. The summed E-state index contributed by atoms with van der Waals surface area (Å²) in [5.41, 5.74) is 8.83. The summed E-state index contributed by atoms with van der Waals surface area (Å²) in [5, 5.41) is 3.06. The SMILES string of the molecule is Cc1ccc2c3ccc(C(F)(F)F)cc3n(-c3ccc(N(c4ccc(-c5nc(-c6ccccc6)nc(-c6ccccc6)n5)cc4)c4ccc(-n5c6cc(C)ccc6c6ccc(C(F)(F)F)cc65)cc4)cc3)c2c1. The van der Waals surface area contributed by atoms with Crippen molar-refractivity contribution in [1.29, 1.82) is 0 Å². The van der Waals surface area contributed by atoms with E-state index < -0.39 is 23.5 Å². The quantitative estimate of drug-likeness (QED) is 0.142. The van der Waals surface area contributed by atoms with Crippen LogP contribution in [0.3, 0.4) is 0 Å². The maximum absolute atomic E-state index is 14.2. The summed E-state index contributed by atoms with van der Waals surface area (Å²) >= 11 is 0. The van der Waals surface area contributed by atoms with Crippen LogP contribution in [-0.2, 0) is 12.4 Å². The first kappa shape index (κ1) is 45.1. The smallest absolute Gasteiger partial charge is 0.311 e. The molecule has 0 aliphatic rings. The van der Waals surface area contributed by atoms with Crippen LogP contribution in [0.1, 0.15) is 22.3 Å². The maximum atomic E-state index is 14.2. The van der Waals surface area contributed by atoms with Gasteiger partial charge >= 0.3 is 12.4 Å². The van der Waals surface area contributed by atoms with Gasteiger partial charge in [0.05, 0.1) is 33.2 Å². The van der Waals surface area contributed by atoms with Gasteiger partial charge in [0, 0.05) is 66.7 Å². The molecule has 0 fully saturated rings. The van der Waals surface area contributed by atoms with Crippen molar-refractivity contribution in [2.24, 2.45) is 0 Å². The fourth-order valence-electron chi connectivity index (χ4n) is 9.81. The monoisotopic (exact) mass is 970 g/mol. The van der Waals surface area contributed by atoms with Crippen molar-refractivity contribution in [2.45, 2.75) is 26.2 Å². The molecule has 0 amide bonds. The number of fused-ring (bicyclic) bond motifs is 6. The van der Waals surface area contributed by atoms with Crippen LogP contribution in [0.15, 0.2) is 206 Å². The summed E-state index contributed by atoms with van der Waals surface area (Å²) in [5.74, 6) is 1.53. The van der Waals surface area contributed by atoms with Crippen molar-refractivity contribution in [3.63, 3.8) is 0 Å². The molecular formula is C61H40F6N6. The van der Waals surface area contributed by atoms with E-state index in [4.69, 9.17) is 15.0 Å². The highest BCUT2D eigenvalue weighted by Crippen LogP contribution is 2.42. The molecule has 12 aromatic rings. The van der Waals surface area contributed by atoms with Crippen LogP contribution in [0, 0.1) is 13.8 Å². The molecule has 0 atom stereocenters. The second-order valence-electron chi connectivity index (χ2n) is 18.1. The third-order valence-corrected chi connectivity index (χ3v) is 13.3. The Morgan fingerprint density at radius 2 is 0.658 bits per heavy atom. The Balaban J connectivity index is 0.996. The molecule has 356 valence electrons. The summed E-state index contributed by atoms with van der Waals surface area (Å²) in [6.07, 6.45) is -9.07. The molecule has 3 heterocycles. The van der Waals surface area contributed by atoms with Crippen LogP contribution in [-0.4, -0.2) is 24.1 Å². The van der Waals surface area contributed by atoms with Gasteiger partial charge in [0.25, 0.3) is 0 Å². The van der Waals surface area contributed by atoms with Crippen LogP contribution < -0.4 is 4.90 Å². The van der Waals surface area contributed by atoms with Gasteiger partial charge in [-0.25, -0.2) is 15.0 Å². The van der Waals surface area contributed by atoms with E-state index in [1.54, 1.807) is 0 Å². The van der Waals surface area contributed by atoms with Gasteiger partial charge in [-0.1, -0.05) is 97.1 Å². The number of halogens is 6. The molecule has 12 heteroatoms. The first-order chi connectivity index (χ1) is 35.2. The van der Waals surface area contributed by atoms with E-state index in [1.165, 1.54) is 24.3 Å². The third kappa shape index (κ3) is 8.20. The van der Waals surface area contributed by atoms with E-state index in [0.717, 1.165) is 78.8 Å². The van der Waals surface area contributed by atoms with Crippen LogP contribution in [0.5, 0.6) is 0 Å². The van der Waals surface area contributed by atoms with E-state index >= 15 is 0 Å². The fraction of sp³-hybridized carbons (Fsp3) is 0.0656. The molecule has 0 saturated heterocycles. The molecule has 0 aliphatic heterocycles. The number of nitrogens with zero attached hydrogens (tertiary/aromatic N) is 6. The molecule has 12 rings (SSSR count). The Bertz CT molecular complexity index is 3810. The minimum Gasteiger partial charge on any atom is -0.311 e. The Labute approximate surface area is 414 Å². The lowest BCUT2D eigenvalue weighted by atomic mass is 10.1. The van der Waals surface area contributed by atoms with Gasteiger partial charge in [0.1, 0.15) is 0 Å². The lowest BCUT2D eigenvalue weighted by Crippen LogP contribution is -2.10. The number of aromatic nitrogens is 5. The molecule has 3 aromatic heterocycles. The highest BCUT2D eigenvalue weighted by atomic mass is 19.4. The normalized spacial score (nSPS) is 12.1. The van der Waals surface area contributed by atoms with Gasteiger partial charge in [0.15, 0.2) is 17.5 Å². The van der Waals surface area contributed by atoms with Crippen LogP contribution in [0.2, 0.25) is 0 Å². The number of alkyl halides is 6. The van der Waals surface area contributed by atoms with Gasteiger partial charge < -0.3 is 14.0 Å². The molecule has 0 bridgehead atoms. The maximum Gasteiger partial charge on any atom is 0.416 e. The van der Waals surface area contributed by atoms with E-state index in [9.17, 15) is 26.3 Å². The molecule has 0 saturated carbocycles. The van der Waals surface area contributed by atoms with Crippen LogP contribution in [0.25, 0.3) is 89.2 Å². The van der Waals surface area contributed by atoms with E-state index in [2.05, 4.69) is 0 Å². The molecule has 0 radical (unpaired) electrons. The van der Waals surface area contributed by atoms with Crippen LogP contribution >= 0.6 is 0 Å². The number of hydrogen-bond donors (Lipinski definition) is 0. The van der Waals surface area contributed by atoms with Crippen molar-refractivity contribution in [1.82, 2.24) is 24.1 Å². The van der Waals surface area contributed by atoms with Crippen LogP contribution in [0.4, 0.5) is 43.4 Å². The lowest BCUT2D eigenvalue weighted by molar-refractivity contribution is -0.138. The predicted octanol–water partition coefficient (Wildman–Crippen LogP) is 17.2. The topological polar surface area (TPSA) is 51.8 Å². The van der Waals surface area contributed by atoms with E-state index in [1.807, 2.05) is 198 Å². The molecule has 73 heavy (non-hydrogen) atoms. The molecule has 0 spiro atoms. The van der Waals surface area contributed by atoms with Gasteiger partial charge in [-0.2, -0.15) is 26.3 Å². The van der Waals surface area contributed by atoms with E-state index in [-0.39, 0.29) is 0 Å². The Morgan fingerprint density at radius 3 is 1.01 bits per heavy atom. The Kier molecular flexibility index (Phi) is 10.7. The minimum atomic E-state index is -4.54. The van der Waals surface area contributed by atoms with Gasteiger partial charge in [0.2, 0.25) is 0 Å². The largest absolute Gasteiger partial charge is 0.416 e. The lowest BCUT2D eigenvalue weighted by Gasteiger charge is -2.26. The zero-order chi connectivity index (χ0) is 50.2.